The average Bonchev–Trinajstić information content (AvgIpc) is 2.45. The Balaban J connectivity index is 2.20. The van der Waals surface area contributed by atoms with E-state index >= 15 is 0 Å². The zero-order valence-electron chi connectivity index (χ0n) is 14.0. The van der Waals surface area contributed by atoms with Crippen LogP contribution in [-0.4, -0.2) is 43.4 Å². The summed E-state index contributed by atoms with van der Waals surface area (Å²) in [5.74, 6) is 2.02. The second-order valence-electron chi connectivity index (χ2n) is 7.10. The summed E-state index contributed by atoms with van der Waals surface area (Å²) in [4.78, 5) is 2.22. The molecule has 0 aromatic carbocycles. The van der Waals surface area contributed by atoms with Crippen LogP contribution in [0.3, 0.4) is 0 Å². The van der Waals surface area contributed by atoms with Gasteiger partial charge in [-0.2, -0.15) is 0 Å². The van der Waals surface area contributed by atoms with Crippen LogP contribution in [0.5, 0.6) is 0 Å². The maximum absolute atomic E-state index is 11.3. The molecule has 3 unspecified atom stereocenters. The zero-order valence-corrected chi connectivity index (χ0v) is 14.0. The summed E-state index contributed by atoms with van der Waals surface area (Å²) in [6.07, 6.45) is 12.0. The zero-order chi connectivity index (χ0) is 15.5. The van der Waals surface area contributed by atoms with Crippen LogP contribution >= 0.6 is 0 Å². The van der Waals surface area contributed by atoms with Gasteiger partial charge >= 0.3 is 0 Å². The van der Waals surface area contributed by atoms with Crippen LogP contribution < -0.4 is 0 Å². The van der Waals surface area contributed by atoms with Crippen LogP contribution in [0.25, 0.3) is 0 Å². The first-order chi connectivity index (χ1) is 9.96. The lowest BCUT2D eigenvalue weighted by atomic mass is 9.66. The van der Waals surface area contributed by atoms with E-state index in [1.807, 2.05) is 0 Å². The fraction of sp³-hybridized carbons (Fsp3) is 0.778. The van der Waals surface area contributed by atoms with Crippen molar-refractivity contribution in [3.05, 3.63) is 24.0 Å². The van der Waals surface area contributed by atoms with Gasteiger partial charge in [-0.15, -0.1) is 0 Å². The van der Waals surface area contributed by atoms with Crippen LogP contribution in [-0.2, 0) is 4.74 Å². The average molecular weight is 293 g/mol. The lowest BCUT2D eigenvalue weighted by Gasteiger charge is -2.45. The number of hydrogen-bond acceptors (Lipinski definition) is 3. The highest BCUT2D eigenvalue weighted by Gasteiger charge is 2.43. The molecule has 2 aliphatic carbocycles. The fourth-order valence-corrected chi connectivity index (χ4v) is 4.02. The van der Waals surface area contributed by atoms with E-state index in [2.05, 4.69) is 44.1 Å². The number of hydrogen-bond donors (Lipinski definition) is 1. The first kappa shape index (κ1) is 16.6. The lowest BCUT2D eigenvalue weighted by molar-refractivity contribution is -0.0753. The van der Waals surface area contributed by atoms with Crippen molar-refractivity contribution in [3.8, 4) is 0 Å². The van der Waals surface area contributed by atoms with E-state index in [0.29, 0.717) is 11.8 Å². The van der Waals surface area contributed by atoms with Crippen LogP contribution in [0.2, 0.25) is 0 Å². The first-order valence-electron chi connectivity index (χ1n) is 8.27. The van der Waals surface area contributed by atoms with Gasteiger partial charge in [0.05, 0.1) is 12.7 Å². The number of methoxy groups -OCH3 is 1. The van der Waals surface area contributed by atoms with Crippen molar-refractivity contribution >= 4 is 0 Å². The SMILES string of the molecule is COC1=CC(C)C(C(CN(C)C)C2(O)CCCCC2)C=C1. The molecule has 21 heavy (non-hydrogen) atoms. The van der Waals surface area contributed by atoms with Gasteiger partial charge in [-0.25, -0.2) is 0 Å². The van der Waals surface area contributed by atoms with E-state index in [1.54, 1.807) is 7.11 Å². The molecule has 0 saturated heterocycles. The highest BCUT2D eigenvalue weighted by Crippen LogP contribution is 2.42. The highest BCUT2D eigenvalue weighted by atomic mass is 16.5. The highest BCUT2D eigenvalue weighted by molar-refractivity contribution is 5.22. The standard InChI is InChI=1S/C18H31NO2/c1-14-12-15(21-4)8-9-16(14)17(13-19(2)3)18(20)10-6-5-7-11-18/h8-9,12,14,16-17,20H,5-7,10-11,13H2,1-4H3. The van der Waals surface area contributed by atoms with Crippen LogP contribution in [0.15, 0.2) is 24.0 Å². The van der Waals surface area contributed by atoms with E-state index in [4.69, 9.17) is 4.74 Å². The maximum Gasteiger partial charge on any atom is 0.114 e. The Morgan fingerprint density at radius 1 is 1.33 bits per heavy atom. The third-order valence-corrected chi connectivity index (χ3v) is 5.19. The number of allylic oxidation sites excluding steroid dienone is 3. The minimum absolute atomic E-state index is 0.286. The maximum atomic E-state index is 11.3. The van der Waals surface area contributed by atoms with Crippen molar-refractivity contribution in [2.45, 2.75) is 44.6 Å². The molecule has 1 saturated carbocycles. The number of ether oxygens (including phenoxy) is 1. The minimum Gasteiger partial charge on any atom is -0.497 e. The molecular weight excluding hydrogens is 262 g/mol. The molecule has 0 spiro atoms. The van der Waals surface area contributed by atoms with Crippen molar-refractivity contribution in [1.29, 1.82) is 0 Å². The number of aliphatic hydroxyl groups is 1. The second kappa shape index (κ2) is 6.97. The quantitative estimate of drug-likeness (QED) is 0.845. The summed E-state index contributed by atoms with van der Waals surface area (Å²) in [6.45, 7) is 3.17. The van der Waals surface area contributed by atoms with Crippen molar-refractivity contribution < 1.29 is 9.84 Å². The summed E-state index contributed by atoms with van der Waals surface area (Å²) in [5.41, 5.74) is -0.510. The van der Waals surface area contributed by atoms with Crippen LogP contribution in [0.4, 0.5) is 0 Å². The van der Waals surface area contributed by atoms with Crippen molar-refractivity contribution in [2.24, 2.45) is 17.8 Å². The molecule has 0 aromatic heterocycles. The van der Waals surface area contributed by atoms with E-state index in [9.17, 15) is 5.11 Å². The third-order valence-electron chi connectivity index (χ3n) is 5.19. The molecule has 3 heteroatoms. The second-order valence-corrected chi connectivity index (χ2v) is 7.10. The summed E-state index contributed by atoms with van der Waals surface area (Å²) in [7, 11) is 5.93. The Bertz CT molecular complexity index is 394. The van der Waals surface area contributed by atoms with Gasteiger partial charge < -0.3 is 14.7 Å². The molecule has 120 valence electrons. The molecule has 2 rings (SSSR count). The van der Waals surface area contributed by atoms with Crippen molar-refractivity contribution in [1.82, 2.24) is 4.90 Å². The molecule has 0 aromatic rings. The van der Waals surface area contributed by atoms with Crippen molar-refractivity contribution in [3.63, 3.8) is 0 Å². The monoisotopic (exact) mass is 293 g/mol. The molecule has 0 heterocycles. The van der Waals surface area contributed by atoms with E-state index in [1.165, 1.54) is 6.42 Å². The minimum atomic E-state index is -0.510. The Morgan fingerprint density at radius 3 is 2.52 bits per heavy atom. The summed E-state index contributed by atoms with van der Waals surface area (Å²) < 4.78 is 5.34. The molecule has 3 nitrogen and oxygen atoms in total. The number of rotatable bonds is 5. The Labute approximate surface area is 129 Å². The van der Waals surface area contributed by atoms with Gasteiger partial charge in [-0.3, -0.25) is 0 Å². The Morgan fingerprint density at radius 2 is 2.00 bits per heavy atom. The molecular formula is C18H31NO2. The normalized spacial score (nSPS) is 30.1. The third kappa shape index (κ3) is 3.89. The molecule has 1 fully saturated rings. The van der Waals surface area contributed by atoms with E-state index in [-0.39, 0.29) is 5.92 Å². The van der Waals surface area contributed by atoms with Crippen LogP contribution in [0.1, 0.15) is 39.0 Å². The number of nitrogens with zero attached hydrogens (tertiary/aromatic N) is 1. The predicted octanol–water partition coefficient (Wildman–Crippen LogP) is 3.21. The summed E-state index contributed by atoms with van der Waals surface area (Å²) in [6, 6.07) is 0. The summed E-state index contributed by atoms with van der Waals surface area (Å²) >= 11 is 0. The summed E-state index contributed by atoms with van der Waals surface area (Å²) in [5, 5.41) is 11.3. The predicted molar refractivity (Wildman–Crippen MR) is 87.0 cm³/mol. The largest absolute Gasteiger partial charge is 0.497 e. The van der Waals surface area contributed by atoms with Gasteiger partial charge in [0.25, 0.3) is 0 Å². The molecule has 0 aliphatic heterocycles. The van der Waals surface area contributed by atoms with Crippen molar-refractivity contribution in [2.75, 3.05) is 27.7 Å². The first-order valence-corrected chi connectivity index (χ1v) is 8.27. The molecule has 0 bridgehead atoms. The lowest BCUT2D eigenvalue weighted by Crippen LogP contribution is -2.49. The molecule has 3 atom stereocenters. The van der Waals surface area contributed by atoms with Gasteiger partial charge in [0.2, 0.25) is 0 Å². The fourth-order valence-electron chi connectivity index (χ4n) is 4.02. The van der Waals surface area contributed by atoms with E-state index in [0.717, 1.165) is 38.0 Å². The van der Waals surface area contributed by atoms with Crippen LogP contribution in [0, 0.1) is 17.8 Å². The molecule has 2 aliphatic rings. The Kier molecular flexibility index (Phi) is 5.50. The van der Waals surface area contributed by atoms with Gasteiger partial charge in [-0.05, 0) is 50.9 Å². The smallest absolute Gasteiger partial charge is 0.114 e. The van der Waals surface area contributed by atoms with Gasteiger partial charge in [0.15, 0.2) is 0 Å². The van der Waals surface area contributed by atoms with Gasteiger partial charge in [0, 0.05) is 12.5 Å². The topological polar surface area (TPSA) is 32.7 Å². The van der Waals surface area contributed by atoms with E-state index < -0.39 is 5.60 Å². The van der Waals surface area contributed by atoms with Gasteiger partial charge in [0.1, 0.15) is 5.76 Å². The Hall–Kier alpha value is -0.800. The molecule has 0 amide bonds. The molecule has 1 N–H and O–H groups in total. The van der Waals surface area contributed by atoms with Gasteiger partial charge in [-0.1, -0.05) is 32.3 Å². The molecule has 0 radical (unpaired) electrons.